The van der Waals surface area contributed by atoms with Crippen LogP contribution in [-0.2, 0) is 18.6 Å². The van der Waals surface area contributed by atoms with E-state index in [4.69, 9.17) is 19.0 Å². The summed E-state index contributed by atoms with van der Waals surface area (Å²) in [6.07, 6.45) is 1.39. The Morgan fingerprint density at radius 1 is 1.28 bits per heavy atom. The zero-order valence-electron chi connectivity index (χ0n) is 21.9. The van der Waals surface area contributed by atoms with Crippen molar-refractivity contribution in [3.8, 4) is 6.07 Å². The summed E-state index contributed by atoms with van der Waals surface area (Å²) in [5, 5.41) is 14.6. The number of ether oxygens (including phenoxy) is 1. The number of rotatable bonds is 12. The van der Waals surface area contributed by atoms with Crippen LogP contribution in [0.4, 0.5) is 17.5 Å². The highest BCUT2D eigenvalue weighted by molar-refractivity contribution is 7.44. The molecule has 3 atom stereocenters. The third-order valence-corrected chi connectivity index (χ3v) is 7.90. The predicted molar refractivity (Wildman–Crippen MR) is 138 cm³/mol. The second kappa shape index (κ2) is 12.8. The Bertz CT molecular complexity index is 988. The molecule has 1 fully saturated rings. The van der Waals surface area contributed by atoms with Crippen molar-refractivity contribution in [3.05, 3.63) is 10.4 Å². The molecule has 0 bridgehead atoms. The fourth-order valence-corrected chi connectivity index (χ4v) is 5.76. The number of nitrogens with one attached hydrogen (secondary N) is 3. The molecule has 2 unspecified atom stereocenters. The third-order valence-electron chi connectivity index (χ3n) is 5.83. The Hall–Kier alpha value is -2.29. The van der Waals surface area contributed by atoms with Gasteiger partial charge >= 0.3 is 0 Å². The van der Waals surface area contributed by atoms with Crippen LogP contribution in [0.1, 0.15) is 60.8 Å². The molecule has 1 saturated heterocycles. The van der Waals surface area contributed by atoms with Gasteiger partial charge in [0.05, 0.1) is 38.5 Å². The van der Waals surface area contributed by atoms with E-state index in [-0.39, 0.29) is 47.7 Å². The number of aromatic amines is 1. The first kappa shape index (κ1) is 28.3. The van der Waals surface area contributed by atoms with Crippen LogP contribution in [0.5, 0.6) is 0 Å². The number of H-pyrrole nitrogens is 1. The highest BCUT2D eigenvalue weighted by Crippen LogP contribution is 2.46. The van der Waals surface area contributed by atoms with Crippen molar-refractivity contribution in [3.63, 3.8) is 0 Å². The molecule has 1 amide bonds. The van der Waals surface area contributed by atoms with Crippen LogP contribution in [-0.4, -0.2) is 64.8 Å². The first-order valence-electron chi connectivity index (χ1n) is 12.4. The lowest BCUT2D eigenvalue weighted by atomic mass is 10.2. The molecular weight excluding hydrogens is 485 g/mol. The van der Waals surface area contributed by atoms with Crippen molar-refractivity contribution < 1.29 is 18.6 Å². The summed E-state index contributed by atoms with van der Waals surface area (Å²) >= 11 is 0. The summed E-state index contributed by atoms with van der Waals surface area (Å²) < 4.78 is 20.7. The summed E-state index contributed by atoms with van der Waals surface area (Å²) in [6, 6.07) is 2.55. The van der Waals surface area contributed by atoms with Crippen molar-refractivity contribution in [2.45, 2.75) is 85.2 Å². The Morgan fingerprint density at radius 2 is 2.00 bits per heavy atom. The van der Waals surface area contributed by atoms with Gasteiger partial charge in [-0.3, -0.25) is 19.9 Å². The van der Waals surface area contributed by atoms with Crippen LogP contribution in [0.15, 0.2) is 4.79 Å². The molecule has 1 aromatic heterocycles. The monoisotopic (exact) mass is 523 g/mol. The molecule has 0 spiro atoms. The first-order valence-corrected chi connectivity index (χ1v) is 13.6. The SMILES string of the molecule is CC(C)C(=O)Nc1nc2c(c(=O)[nH]1)NCN2[C@H]1CCC(COP(OCCC#N)N(C(C)C)C(C)C)O1. The van der Waals surface area contributed by atoms with E-state index >= 15 is 0 Å². The Labute approximate surface area is 213 Å². The second-order valence-electron chi connectivity index (χ2n) is 9.69. The zero-order chi connectivity index (χ0) is 26.4. The standard InChI is InChI=1S/C23H38N7O5P/c1-14(2)21(31)27-23-26-20-19(22(32)28-23)25-13-29(20)18-9-8-17(35-18)12-34-36(33-11-7-10-24)30(15(3)4)16(5)6/h14-18,25H,7-9,11-13H2,1-6H3,(H2,26,27,28,31,32)/t17?,18-,36?/m1/s1. The molecule has 3 rings (SSSR count). The number of hydrogen-bond donors (Lipinski definition) is 3. The molecule has 0 saturated carbocycles. The molecule has 2 aliphatic rings. The summed E-state index contributed by atoms with van der Waals surface area (Å²) in [5.41, 5.74) is 0.0156. The molecule has 3 heterocycles. The van der Waals surface area contributed by atoms with E-state index in [2.05, 4.69) is 59.0 Å². The van der Waals surface area contributed by atoms with Crippen LogP contribution in [0.3, 0.4) is 0 Å². The van der Waals surface area contributed by atoms with Gasteiger partial charge in [-0.15, -0.1) is 0 Å². The number of nitriles is 1. The van der Waals surface area contributed by atoms with Crippen molar-refractivity contribution in [2.24, 2.45) is 5.92 Å². The van der Waals surface area contributed by atoms with Gasteiger partial charge < -0.3 is 24.0 Å². The number of amides is 1. The van der Waals surface area contributed by atoms with Gasteiger partial charge in [0.2, 0.25) is 11.9 Å². The molecule has 0 radical (unpaired) electrons. The van der Waals surface area contributed by atoms with Gasteiger partial charge in [0.15, 0.2) is 5.82 Å². The third kappa shape index (κ3) is 6.93. The van der Waals surface area contributed by atoms with Crippen molar-refractivity contribution in [1.82, 2.24) is 14.6 Å². The lowest BCUT2D eigenvalue weighted by molar-refractivity contribution is -0.118. The average Bonchev–Trinajstić information content (AvgIpc) is 3.44. The van der Waals surface area contributed by atoms with Crippen LogP contribution in [0.25, 0.3) is 0 Å². The van der Waals surface area contributed by atoms with Crippen molar-refractivity contribution >= 4 is 31.9 Å². The maximum atomic E-state index is 12.5. The quantitative estimate of drug-likeness (QED) is 0.275. The van der Waals surface area contributed by atoms with Crippen LogP contribution >= 0.6 is 8.53 Å². The number of anilines is 3. The molecule has 3 N–H and O–H groups in total. The zero-order valence-corrected chi connectivity index (χ0v) is 22.8. The fraction of sp³-hybridized carbons (Fsp3) is 0.739. The van der Waals surface area contributed by atoms with E-state index in [0.717, 1.165) is 12.8 Å². The van der Waals surface area contributed by atoms with Crippen LogP contribution < -0.4 is 21.1 Å². The Morgan fingerprint density at radius 3 is 2.64 bits per heavy atom. The van der Waals surface area contributed by atoms with E-state index in [1.54, 1.807) is 13.8 Å². The van der Waals surface area contributed by atoms with Crippen LogP contribution in [0.2, 0.25) is 0 Å². The van der Waals surface area contributed by atoms with Crippen LogP contribution in [0, 0.1) is 17.2 Å². The van der Waals surface area contributed by atoms with Crippen molar-refractivity contribution in [1.29, 1.82) is 5.26 Å². The maximum Gasteiger partial charge on any atom is 0.277 e. The Balaban J connectivity index is 1.64. The molecule has 13 heteroatoms. The number of aromatic nitrogens is 2. The predicted octanol–water partition coefficient (Wildman–Crippen LogP) is 3.35. The fourth-order valence-electron chi connectivity index (χ4n) is 4.12. The average molecular weight is 524 g/mol. The molecule has 0 aliphatic carbocycles. The molecule has 1 aromatic rings. The minimum absolute atomic E-state index is 0.117. The van der Waals surface area contributed by atoms with Gasteiger partial charge in [-0.1, -0.05) is 13.8 Å². The summed E-state index contributed by atoms with van der Waals surface area (Å²) in [5.74, 6) is 0.104. The minimum atomic E-state index is -1.34. The van der Waals surface area contributed by atoms with E-state index in [1.807, 2.05) is 4.90 Å². The van der Waals surface area contributed by atoms with Gasteiger partial charge in [0, 0.05) is 18.0 Å². The maximum absolute atomic E-state index is 12.5. The lowest BCUT2D eigenvalue weighted by Crippen LogP contribution is -2.36. The van der Waals surface area contributed by atoms with E-state index in [0.29, 0.717) is 37.8 Å². The molecule has 0 aromatic carbocycles. The number of carbonyl (C=O) groups excluding carboxylic acids is 1. The topological polar surface area (TPSA) is 145 Å². The summed E-state index contributed by atoms with van der Waals surface area (Å²) in [4.78, 5) is 33.6. The lowest BCUT2D eigenvalue weighted by Gasteiger charge is -2.36. The van der Waals surface area contributed by atoms with E-state index in [9.17, 15) is 9.59 Å². The Kier molecular flexibility index (Phi) is 10.0. The molecule has 2 aliphatic heterocycles. The van der Waals surface area contributed by atoms with Gasteiger partial charge in [-0.25, -0.2) is 4.67 Å². The molecule has 12 nitrogen and oxygen atoms in total. The normalized spacial score (nSPS) is 20.2. The summed E-state index contributed by atoms with van der Waals surface area (Å²) in [7, 11) is -1.34. The molecule has 36 heavy (non-hydrogen) atoms. The summed E-state index contributed by atoms with van der Waals surface area (Å²) in [6.45, 7) is 13.0. The van der Waals surface area contributed by atoms with Crippen molar-refractivity contribution in [2.75, 3.05) is 35.4 Å². The smallest absolute Gasteiger partial charge is 0.277 e. The number of carbonyl (C=O) groups is 1. The second-order valence-corrected chi connectivity index (χ2v) is 11.1. The number of hydrogen-bond acceptors (Lipinski definition) is 10. The highest BCUT2D eigenvalue weighted by Gasteiger charge is 2.37. The van der Waals surface area contributed by atoms with Gasteiger partial charge in [0.1, 0.15) is 11.9 Å². The van der Waals surface area contributed by atoms with Gasteiger partial charge in [-0.2, -0.15) is 10.2 Å². The van der Waals surface area contributed by atoms with Gasteiger partial charge in [0.25, 0.3) is 14.1 Å². The van der Waals surface area contributed by atoms with E-state index < -0.39 is 8.53 Å². The van der Waals surface area contributed by atoms with E-state index in [1.165, 1.54) is 0 Å². The molecular formula is C23H38N7O5P. The highest BCUT2D eigenvalue weighted by atomic mass is 31.2. The largest absolute Gasteiger partial charge is 0.360 e. The minimum Gasteiger partial charge on any atom is -0.360 e. The van der Waals surface area contributed by atoms with Gasteiger partial charge in [-0.05, 0) is 40.5 Å². The first-order chi connectivity index (χ1) is 17.1. The molecule has 200 valence electrons. The number of fused-ring (bicyclic) bond motifs is 1. The number of nitrogens with zero attached hydrogens (tertiary/aromatic N) is 4.